The summed E-state index contributed by atoms with van der Waals surface area (Å²) in [6.07, 6.45) is -1.08. The van der Waals surface area contributed by atoms with Gasteiger partial charge in [0.25, 0.3) is 11.8 Å². The van der Waals surface area contributed by atoms with Gasteiger partial charge in [-0.2, -0.15) is 0 Å². The van der Waals surface area contributed by atoms with E-state index in [0.29, 0.717) is 16.3 Å². The molecule has 3 N–H and O–H groups in total. The van der Waals surface area contributed by atoms with Crippen molar-refractivity contribution in [2.45, 2.75) is 13.0 Å². The number of carbonyl (C=O) groups is 4. The molecule has 0 saturated heterocycles. The molecule has 0 aliphatic carbocycles. The third kappa shape index (κ3) is 6.92. The molecule has 0 unspecified atom stereocenters. The molecule has 3 amide bonds. The maximum Gasteiger partial charge on any atom is 0.326 e. The SMILES string of the molecule is COc1ccccc1NC(=O)[C@H](C)OC(=O)CNC(=O)CNC(=O)c1cccs1. The van der Waals surface area contributed by atoms with E-state index in [1.54, 1.807) is 41.8 Å². The van der Waals surface area contributed by atoms with Crippen LogP contribution in [0.1, 0.15) is 16.6 Å². The first-order valence-corrected chi connectivity index (χ1v) is 9.50. The van der Waals surface area contributed by atoms with Gasteiger partial charge in [0.2, 0.25) is 5.91 Å². The van der Waals surface area contributed by atoms with E-state index >= 15 is 0 Å². The first-order valence-electron chi connectivity index (χ1n) is 8.62. The molecular weight excluding hydrogens is 398 g/mol. The molecule has 0 aliphatic rings. The van der Waals surface area contributed by atoms with E-state index in [-0.39, 0.29) is 12.5 Å². The lowest BCUT2D eigenvalue weighted by Gasteiger charge is -2.15. The molecule has 29 heavy (non-hydrogen) atoms. The van der Waals surface area contributed by atoms with Gasteiger partial charge in [0.1, 0.15) is 12.3 Å². The highest BCUT2D eigenvalue weighted by Gasteiger charge is 2.19. The van der Waals surface area contributed by atoms with Crippen LogP contribution in [0, 0.1) is 0 Å². The Bertz CT molecular complexity index is 869. The number of amides is 3. The van der Waals surface area contributed by atoms with Crippen molar-refractivity contribution < 1.29 is 28.7 Å². The maximum atomic E-state index is 12.2. The third-order valence-corrected chi connectivity index (χ3v) is 4.50. The van der Waals surface area contributed by atoms with E-state index in [0.717, 1.165) is 0 Å². The zero-order valence-corrected chi connectivity index (χ0v) is 16.7. The van der Waals surface area contributed by atoms with Crippen LogP contribution in [0.3, 0.4) is 0 Å². The van der Waals surface area contributed by atoms with Crippen molar-refractivity contribution in [2.75, 3.05) is 25.5 Å². The molecule has 2 aromatic rings. The van der Waals surface area contributed by atoms with Gasteiger partial charge in [0.05, 0.1) is 24.2 Å². The van der Waals surface area contributed by atoms with Crippen LogP contribution in [0.2, 0.25) is 0 Å². The number of carbonyl (C=O) groups excluding carboxylic acids is 4. The van der Waals surface area contributed by atoms with Crippen LogP contribution in [0.5, 0.6) is 5.75 Å². The molecule has 9 nitrogen and oxygen atoms in total. The minimum atomic E-state index is -1.08. The molecule has 1 heterocycles. The summed E-state index contributed by atoms with van der Waals surface area (Å²) in [5.41, 5.74) is 0.442. The Kier molecular flexibility index (Phi) is 8.16. The summed E-state index contributed by atoms with van der Waals surface area (Å²) in [4.78, 5) is 47.9. The summed E-state index contributed by atoms with van der Waals surface area (Å²) in [5.74, 6) is -1.79. The average molecular weight is 419 g/mol. The van der Waals surface area contributed by atoms with E-state index in [2.05, 4.69) is 16.0 Å². The standard InChI is InChI=1S/C19H21N3O6S/c1-12(18(25)22-13-6-3-4-7-14(13)27-2)28-17(24)11-20-16(23)10-21-19(26)15-8-5-9-29-15/h3-9,12H,10-11H2,1-2H3,(H,20,23)(H,21,26)(H,22,25)/t12-/m0/s1. The minimum absolute atomic E-state index is 0.284. The number of esters is 1. The van der Waals surface area contributed by atoms with Crippen molar-refractivity contribution >= 4 is 40.7 Å². The van der Waals surface area contributed by atoms with Crippen LogP contribution in [0.4, 0.5) is 5.69 Å². The molecule has 1 atom stereocenters. The fourth-order valence-corrected chi connectivity index (χ4v) is 2.80. The Morgan fingerprint density at radius 3 is 2.48 bits per heavy atom. The highest BCUT2D eigenvalue weighted by atomic mass is 32.1. The molecule has 0 fully saturated rings. The van der Waals surface area contributed by atoms with Crippen LogP contribution in [0.25, 0.3) is 0 Å². The number of nitrogens with one attached hydrogen (secondary N) is 3. The Morgan fingerprint density at radius 1 is 1.03 bits per heavy atom. The van der Waals surface area contributed by atoms with Gasteiger partial charge in [-0.05, 0) is 30.5 Å². The van der Waals surface area contributed by atoms with E-state index in [4.69, 9.17) is 9.47 Å². The molecular formula is C19H21N3O6S. The van der Waals surface area contributed by atoms with Crippen LogP contribution in [-0.2, 0) is 19.1 Å². The monoisotopic (exact) mass is 419 g/mol. The number of hydrogen-bond donors (Lipinski definition) is 3. The quantitative estimate of drug-likeness (QED) is 0.525. The predicted molar refractivity (Wildman–Crippen MR) is 107 cm³/mol. The van der Waals surface area contributed by atoms with Crippen molar-refractivity contribution in [3.05, 3.63) is 46.7 Å². The van der Waals surface area contributed by atoms with E-state index in [1.165, 1.54) is 25.4 Å². The topological polar surface area (TPSA) is 123 Å². The first kappa shape index (κ1) is 21.9. The molecule has 0 aliphatic heterocycles. The van der Waals surface area contributed by atoms with Gasteiger partial charge in [-0.3, -0.25) is 19.2 Å². The fraction of sp³-hybridized carbons (Fsp3) is 0.263. The summed E-state index contributed by atoms with van der Waals surface area (Å²) in [5, 5.41) is 9.10. The van der Waals surface area contributed by atoms with Gasteiger partial charge >= 0.3 is 5.97 Å². The number of rotatable bonds is 9. The van der Waals surface area contributed by atoms with Gasteiger partial charge < -0.3 is 25.4 Å². The van der Waals surface area contributed by atoms with Crippen LogP contribution in [0.15, 0.2) is 41.8 Å². The smallest absolute Gasteiger partial charge is 0.326 e. The molecule has 1 aromatic heterocycles. The Hall–Kier alpha value is -3.40. The molecule has 0 radical (unpaired) electrons. The van der Waals surface area contributed by atoms with Crippen LogP contribution < -0.4 is 20.7 Å². The largest absolute Gasteiger partial charge is 0.495 e. The normalized spacial score (nSPS) is 11.1. The van der Waals surface area contributed by atoms with Crippen molar-refractivity contribution in [1.29, 1.82) is 0 Å². The minimum Gasteiger partial charge on any atom is -0.495 e. The van der Waals surface area contributed by atoms with Gasteiger partial charge in [0.15, 0.2) is 6.10 Å². The second-order valence-electron chi connectivity index (χ2n) is 5.76. The lowest BCUT2D eigenvalue weighted by atomic mass is 10.2. The average Bonchev–Trinajstić information content (AvgIpc) is 3.25. The van der Waals surface area contributed by atoms with Crippen LogP contribution >= 0.6 is 11.3 Å². The number of benzene rings is 1. The second-order valence-corrected chi connectivity index (χ2v) is 6.71. The molecule has 0 bridgehead atoms. The third-order valence-electron chi connectivity index (χ3n) is 3.63. The molecule has 0 spiro atoms. The van der Waals surface area contributed by atoms with E-state index < -0.39 is 30.4 Å². The molecule has 2 rings (SSSR count). The number of methoxy groups -OCH3 is 1. The number of hydrogen-bond acceptors (Lipinski definition) is 7. The van der Waals surface area contributed by atoms with Crippen LogP contribution in [-0.4, -0.2) is 50.0 Å². The first-order chi connectivity index (χ1) is 13.9. The summed E-state index contributed by atoms with van der Waals surface area (Å²) in [6, 6.07) is 10.2. The number of ether oxygens (including phenoxy) is 2. The second kappa shape index (κ2) is 10.8. The predicted octanol–water partition coefficient (Wildman–Crippen LogP) is 1.17. The molecule has 0 saturated carbocycles. The van der Waals surface area contributed by atoms with Gasteiger partial charge in [-0.1, -0.05) is 18.2 Å². The van der Waals surface area contributed by atoms with Crippen molar-refractivity contribution in [3.8, 4) is 5.75 Å². The summed E-state index contributed by atoms with van der Waals surface area (Å²) < 4.78 is 10.1. The summed E-state index contributed by atoms with van der Waals surface area (Å²) in [6.45, 7) is 0.694. The summed E-state index contributed by atoms with van der Waals surface area (Å²) >= 11 is 1.25. The zero-order chi connectivity index (χ0) is 21.2. The highest BCUT2D eigenvalue weighted by molar-refractivity contribution is 7.12. The van der Waals surface area contributed by atoms with Crippen molar-refractivity contribution in [3.63, 3.8) is 0 Å². The number of para-hydroxylation sites is 2. The number of anilines is 1. The molecule has 10 heteroatoms. The summed E-state index contributed by atoms with van der Waals surface area (Å²) in [7, 11) is 1.47. The Balaban J connectivity index is 1.71. The highest BCUT2D eigenvalue weighted by Crippen LogP contribution is 2.23. The van der Waals surface area contributed by atoms with Crippen molar-refractivity contribution in [1.82, 2.24) is 10.6 Å². The lowest BCUT2D eigenvalue weighted by Crippen LogP contribution is -2.40. The van der Waals surface area contributed by atoms with Gasteiger partial charge in [-0.15, -0.1) is 11.3 Å². The Morgan fingerprint density at radius 2 is 1.79 bits per heavy atom. The maximum absolute atomic E-state index is 12.2. The number of thiophene rings is 1. The fourth-order valence-electron chi connectivity index (χ4n) is 2.16. The Labute approximate surface area is 171 Å². The molecule has 154 valence electrons. The lowest BCUT2D eigenvalue weighted by molar-refractivity contribution is -0.152. The van der Waals surface area contributed by atoms with Gasteiger partial charge in [0, 0.05) is 0 Å². The molecule has 1 aromatic carbocycles. The van der Waals surface area contributed by atoms with E-state index in [1.807, 2.05) is 0 Å². The zero-order valence-electron chi connectivity index (χ0n) is 15.9. The van der Waals surface area contributed by atoms with Gasteiger partial charge in [-0.25, -0.2) is 0 Å². The van der Waals surface area contributed by atoms with Crippen molar-refractivity contribution in [2.24, 2.45) is 0 Å². The van der Waals surface area contributed by atoms with E-state index in [9.17, 15) is 19.2 Å².